The van der Waals surface area contributed by atoms with Gasteiger partial charge in [0.05, 0.1) is 0 Å². The Bertz CT molecular complexity index is 366. The van der Waals surface area contributed by atoms with Gasteiger partial charge in [0, 0.05) is 16.5 Å². The lowest BCUT2D eigenvalue weighted by atomic mass is 10.1. The van der Waals surface area contributed by atoms with Crippen molar-refractivity contribution in [2.45, 2.75) is 20.0 Å². The van der Waals surface area contributed by atoms with E-state index < -0.39 is 6.61 Å². The number of alkyl halides is 2. The van der Waals surface area contributed by atoms with E-state index in [4.69, 9.17) is 0 Å². The maximum Gasteiger partial charge on any atom is 0.387 e. The third kappa shape index (κ3) is 3.58. The van der Waals surface area contributed by atoms with Crippen LogP contribution in [0.15, 0.2) is 22.7 Å². The fourth-order valence-corrected chi connectivity index (χ4v) is 1.57. The van der Waals surface area contributed by atoms with Crippen molar-refractivity contribution in [1.29, 1.82) is 0 Å². The van der Waals surface area contributed by atoms with Gasteiger partial charge in [-0.25, -0.2) is 0 Å². The molecule has 0 bridgehead atoms. The molecule has 0 fully saturated rings. The summed E-state index contributed by atoms with van der Waals surface area (Å²) in [4.78, 5) is 11.3. The predicted octanol–water partition coefficient (Wildman–Crippen LogP) is 3.64. The van der Waals surface area contributed by atoms with Crippen LogP contribution < -0.4 is 4.74 Å². The summed E-state index contributed by atoms with van der Waals surface area (Å²) in [6.45, 7) is -1.18. The largest absolute Gasteiger partial charge is 0.435 e. The monoisotopic (exact) mass is 278 g/mol. The zero-order valence-corrected chi connectivity index (χ0v) is 9.55. The third-order valence-corrected chi connectivity index (χ3v) is 2.20. The van der Waals surface area contributed by atoms with Crippen molar-refractivity contribution in [2.75, 3.05) is 0 Å². The highest BCUT2D eigenvalue weighted by Crippen LogP contribution is 2.23. The Morgan fingerprint density at radius 1 is 1.47 bits per heavy atom. The maximum absolute atomic E-state index is 11.9. The van der Waals surface area contributed by atoms with Crippen molar-refractivity contribution in [3.63, 3.8) is 0 Å². The van der Waals surface area contributed by atoms with E-state index in [0.717, 1.165) is 0 Å². The molecular formula is C10H9BrF2O2. The molecule has 0 aromatic heterocycles. The van der Waals surface area contributed by atoms with Crippen LogP contribution in [-0.2, 0) is 0 Å². The third-order valence-electron chi connectivity index (χ3n) is 1.74. The molecule has 1 aromatic rings. The van der Waals surface area contributed by atoms with Gasteiger partial charge in [-0.15, -0.1) is 0 Å². The van der Waals surface area contributed by atoms with Crippen molar-refractivity contribution in [3.8, 4) is 5.75 Å². The number of rotatable bonds is 4. The van der Waals surface area contributed by atoms with Gasteiger partial charge in [-0.3, -0.25) is 4.79 Å². The lowest BCUT2D eigenvalue weighted by Gasteiger charge is -2.06. The normalized spacial score (nSPS) is 10.5. The quantitative estimate of drug-likeness (QED) is 0.786. The fraction of sp³-hybridized carbons (Fsp3) is 0.300. The average molecular weight is 279 g/mol. The van der Waals surface area contributed by atoms with Gasteiger partial charge in [0.15, 0.2) is 5.78 Å². The number of ether oxygens (including phenoxy) is 1. The minimum atomic E-state index is -2.89. The van der Waals surface area contributed by atoms with Crippen molar-refractivity contribution in [2.24, 2.45) is 0 Å². The molecule has 1 aromatic carbocycles. The summed E-state index contributed by atoms with van der Waals surface area (Å²) < 4.78 is 28.6. The number of Topliss-reactive ketones (excluding diaryl/α,β-unsaturated/α-hetero) is 1. The van der Waals surface area contributed by atoms with Crippen LogP contribution in [0.2, 0.25) is 0 Å². The average Bonchev–Trinajstić information content (AvgIpc) is 2.14. The summed E-state index contributed by atoms with van der Waals surface area (Å²) in [7, 11) is 0. The highest BCUT2D eigenvalue weighted by molar-refractivity contribution is 9.10. The van der Waals surface area contributed by atoms with E-state index in [2.05, 4.69) is 20.7 Å². The summed E-state index contributed by atoms with van der Waals surface area (Å²) in [5.74, 6) is -0.133. The highest BCUT2D eigenvalue weighted by atomic mass is 79.9. The molecular weight excluding hydrogens is 270 g/mol. The molecule has 0 unspecified atom stereocenters. The first kappa shape index (κ1) is 12.1. The van der Waals surface area contributed by atoms with Crippen LogP contribution in [-0.4, -0.2) is 12.4 Å². The molecule has 0 heterocycles. The second-order valence-electron chi connectivity index (χ2n) is 2.83. The lowest BCUT2D eigenvalue weighted by Crippen LogP contribution is -2.04. The first-order valence-electron chi connectivity index (χ1n) is 4.31. The van der Waals surface area contributed by atoms with Crippen LogP contribution in [0, 0.1) is 0 Å². The number of ketones is 1. The molecule has 0 aliphatic heterocycles. The Morgan fingerprint density at radius 3 is 2.67 bits per heavy atom. The number of hydrogen-bond donors (Lipinski definition) is 0. The highest BCUT2D eigenvalue weighted by Gasteiger charge is 2.09. The first-order valence-corrected chi connectivity index (χ1v) is 5.11. The van der Waals surface area contributed by atoms with Gasteiger partial charge in [0.2, 0.25) is 0 Å². The summed E-state index contributed by atoms with van der Waals surface area (Å²) in [6, 6.07) is 4.27. The number of halogens is 3. The fourth-order valence-electron chi connectivity index (χ4n) is 1.10. The van der Waals surface area contributed by atoms with Crippen LogP contribution in [0.25, 0.3) is 0 Å². The summed E-state index contributed by atoms with van der Waals surface area (Å²) in [5, 5.41) is 0. The van der Waals surface area contributed by atoms with Gasteiger partial charge in [-0.05, 0) is 18.2 Å². The first-order chi connectivity index (χ1) is 7.02. The van der Waals surface area contributed by atoms with Crippen LogP contribution >= 0.6 is 15.9 Å². The molecule has 0 radical (unpaired) electrons. The van der Waals surface area contributed by atoms with E-state index in [1.165, 1.54) is 12.1 Å². The molecule has 0 saturated carbocycles. The molecule has 0 saturated heterocycles. The molecule has 0 amide bonds. The zero-order chi connectivity index (χ0) is 11.4. The summed E-state index contributed by atoms with van der Waals surface area (Å²) in [5.41, 5.74) is 0.363. The number of hydrogen-bond acceptors (Lipinski definition) is 2. The van der Waals surface area contributed by atoms with E-state index in [-0.39, 0.29) is 11.5 Å². The maximum atomic E-state index is 11.9. The second kappa shape index (κ2) is 5.21. The minimum absolute atomic E-state index is 0.0174. The molecule has 0 N–H and O–H groups in total. The summed E-state index contributed by atoms with van der Waals surface area (Å²) >= 11 is 3.12. The molecule has 15 heavy (non-hydrogen) atoms. The minimum Gasteiger partial charge on any atom is -0.435 e. The SMILES string of the molecule is CCC(=O)c1cc(Br)cc(OC(F)F)c1. The van der Waals surface area contributed by atoms with Gasteiger partial charge in [0.25, 0.3) is 0 Å². The van der Waals surface area contributed by atoms with Crippen molar-refractivity contribution < 1.29 is 18.3 Å². The standard InChI is InChI=1S/C10H9BrF2O2/c1-2-9(14)6-3-7(11)5-8(4-6)15-10(12)13/h3-5,10H,2H2,1H3. The van der Waals surface area contributed by atoms with Gasteiger partial charge >= 0.3 is 6.61 Å². The number of benzene rings is 1. The molecule has 82 valence electrons. The van der Waals surface area contributed by atoms with E-state index in [1.54, 1.807) is 13.0 Å². The van der Waals surface area contributed by atoms with Gasteiger partial charge in [-0.2, -0.15) is 8.78 Å². The predicted molar refractivity (Wildman–Crippen MR) is 55.4 cm³/mol. The Labute approximate surface area is 94.4 Å². The van der Waals surface area contributed by atoms with Crippen LogP contribution in [0.3, 0.4) is 0 Å². The Hall–Kier alpha value is -0.970. The van der Waals surface area contributed by atoms with Crippen molar-refractivity contribution in [1.82, 2.24) is 0 Å². The van der Waals surface area contributed by atoms with Crippen LogP contribution in [0.1, 0.15) is 23.7 Å². The Balaban J connectivity index is 2.99. The lowest BCUT2D eigenvalue weighted by molar-refractivity contribution is -0.0499. The Morgan fingerprint density at radius 2 is 2.13 bits per heavy atom. The molecule has 0 spiro atoms. The van der Waals surface area contributed by atoms with Crippen LogP contribution in [0.5, 0.6) is 5.75 Å². The summed E-state index contributed by atoms with van der Waals surface area (Å²) in [6.07, 6.45) is 0.324. The zero-order valence-electron chi connectivity index (χ0n) is 7.97. The molecule has 1 rings (SSSR count). The molecule has 5 heteroatoms. The number of carbonyl (C=O) groups is 1. The van der Waals surface area contributed by atoms with Crippen molar-refractivity contribution in [3.05, 3.63) is 28.2 Å². The number of carbonyl (C=O) groups excluding carboxylic acids is 1. The van der Waals surface area contributed by atoms with Gasteiger partial charge < -0.3 is 4.74 Å². The van der Waals surface area contributed by atoms with Crippen LogP contribution in [0.4, 0.5) is 8.78 Å². The van der Waals surface area contributed by atoms with Gasteiger partial charge in [0.1, 0.15) is 5.75 Å². The van der Waals surface area contributed by atoms with Gasteiger partial charge in [-0.1, -0.05) is 22.9 Å². The topological polar surface area (TPSA) is 26.3 Å². The smallest absolute Gasteiger partial charge is 0.387 e. The molecule has 0 atom stereocenters. The molecule has 0 aliphatic rings. The van der Waals surface area contributed by atoms with E-state index >= 15 is 0 Å². The molecule has 0 aliphatic carbocycles. The second-order valence-corrected chi connectivity index (χ2v) is 3.75. The van der Waals surface area contributed by atoms with E-state index in [0.29, 0.717) is 16.5 Å². The van der Waals surface area contributed by atoms with Crippen molar-refractivity contribution >= 4 is 21.7 Å². The van der Waals surface area contributed by atoms with E-state index in [1.807, 2.05) is 0 Å². The molecule has 2 nitrogen and oxygen atoms in total. The Kier molecular flexibility index (Phi) is 4.20. The van der Waals surface area contributed by atoms with E-state index in [9.17, 15) is 13.6 Å².